The van der Waals surface area contributed by atoms with Gasteiger partial charge in [-0.3, -0.25) is 24.7 Å². The molecule has 0 aliphatic carbocycles. The van der Waals surface area contributed by atoms with Crippen LogP contribution in [0.2, 0.25) is 0 Å². The van der Waals surface area contributed by atoms with Crippen LogP contribution in [-0.4, -0.2) is 64.9 Å². The van der Waals surface area contributed by atoms with Crippen LogP contribution in [0.1, 0.15) is 24.9 Å². The first-order chi connectivity index (χ1) is 15.9. The standard InChI is InChI=1S/C23H27N5O4S/c1-15(22(29)24-19-14-17(28(30)31)8-9-20(19)32-3)26-10-12-27(13-11-26)16(2)23-25-18-6-4-5-7-21(18)33-23/h4-9,14-16H,10-13H2,1-3H3,(H,24,29). The zero-order chi connectivity index (χ0) is 23.5. The monoisotopic (exact) mass is 469 g/mol. The fourth-order valence-corrected chi connectivity index (χ4v) is 5.10. The molecule has 2 unspecified atom stereocenters. The van der Waals surface area contributed by atoms with Gasteiger partial charge in [0.2, 0.25) is 5.91 Å². The third-order valence-corrected chi connectivity index (χ3v) is 7.35. The number of methoxy groups -OCH3 is 1. The van der Waals surface area contributed by atoms with Gasteiger partial charge in [-0.05, 0) is 32.0 Å². The summed E-state index contributed by atoms with van der Waals surface area (Å²) in [6, 6.07) is 12.2. The molecule has 0 spiro atoms. The summed E-state index contributed by atoms with van der Waals surface area (Å²) >= 11 is 1.73. The maximum Gasteiger partial charge on any atom is 0.271 e. The van der Waals surface area contributed by atoms with Gasteiger partial charge in [0.1, 0.15) is 10.8 Å². The van der Waals surface area contributed by atoms with Crippen molar-refractivity contribution in [3.05, 3.63) is 57.6 Å². The predicted molar refractivity (Wildman–Crippen MR) is 129 cm³/mol. The number of thiazole rings is 1. The highest BCUT2D eigenvalue weighted by Gasteiger charge is 2.29. The Balaban J connectivity index is 1.37. The molecular weight excluding hydrogens is 442 g/mol. The smallest absolute Gasteiger partial charge is 0.271 e. The van der Waals surface area contributed by atoms with Crippen molar-refractivity contribution < 1.29 is 14.5 Å². The molecule has 1 aliphatic heterocycles. The third kappa shape index (κ3) is 4.97. The summed E-state index contributed by atoms with van der Waals surface area (Å²) in [4.78, 5) is 32.8. The Bertz CT molecular complexity index is 1130. The summed E-state index contributed by atoms with van der Waals surface area (Å²) in [6.45, 7) is 7.18. The van der Waals surface area contributed by atoms with E-state index in [9.17, 15) is 14.9 Å². The zero-order valence-electron chi connectivity index (χ0n) is 18.9. The lowest BCUT2D eigenvalue weighted by Crippen LogP contribution is -2.53. The fourth-order valence-electron chi connectivity index (χ4n) is 4.05. The minimum atomic E-state index is -0.496. The van der Waals surface area contributed by atoms with E-state index in [0.29, 0.717) is 11.4 Å². The number of para-hydroxylation sites is 1. The number of non-ortho nitro benzene ring substituents is 1. The van der Waals surface area contributed by atoms with Gasteiger partial charge in [-0.2, -0.15) is 0 Å². The molecule has 0 bridgehead atoms. The van der Waals surface area contributed by atoms with Crippen LogP contribution in [0.25, 0.3) is 10.2 Å². The molecule has 1 amide bonds. The van der Waals surface area contributed by atoms with Gasteiger partial charge in [0.25, 0.3) is 5.69 Å². The van der Waals surface area contributed by atoms with Crippen LogP contribution in [0.15, 0.2) is 42.5 Å². The van der Waals surface area contributed by atoms with Crippen molar-refractivity contribution in [3.63, 3.8) is 0 Å². The largest absolute Gasteiger partial charge is 0.495 e. The summed E-state index contributed by atoms with van der Waals surface area (Å²) in [5.41, 5.74) is 1.23. The Morgan fingerprint density at radius 2 is 1.85 bits per heavy atom. The van der Waals surface area contributed by atoms with Crippen molar-refractivity contribution in [2.45, 2.75) is 25.9 Å². The van der Waals surface area contributed by atoms with Gasteiger partial charge in [0.05, 0.1) is 40.0 Å². The molecule has 2 aromatic carbocycles. The first-order valence-corrected chi connectivity index (χ1v) is 11.7. The molecule has 0 radical (unpaired) electrons. The lowest BCUT2D eigenvalue weighted by Gasteiger charge is -2.39. The number of nitro benzene ring substituents is 1. The number of nitrogens with zero attached hydrogens (tertiary/aromatic N) is 4. The van der Waals surface area contributed by atoms with E-state index in [0.717, 1.165) is 36.7 Å². The second-order valence-corrected chi connectivity index (χ2v) is 9.14. The van der Waals surface area contributed by atoms with E-state index in [1.807, 2.05) is 25.1 Å². The predicted octanol–water partition coefficient (Wildman–Crippen LogP) is 3.92. The van der Waals surface area contributed by atoms with Crippen molar-refractivity contribution in [2.75, 3.05) is 38.6 Å². The van der Waals surface area contributed by atoms with Crippen molar-refractivity contribution >= 4 is 38.8 Å². The highest BCUT2D eigenvalue weighted by molar-refractivity contribution is 7.18. The lowest BCUT2D eigenvalue weighted by molar-refractivity contribution is -0.384. The van der Waals surface area contributed by atoms with Gasteiger partial charge in [0.15, 0.2) is 0 Å². The number of fused-ring (bicyclic) bond motifs is 1. The van der Waals surface area contributed by atoms with Gasteiger partial charge in [0, 0.05) is 38.3 Å². The number of ether oxygens (including phenoxy) is 1. The Morgan fingerprint density at radius 1 is 1.15 bits per heavy atom. The molecule has 3 aromatic rings. The van der Waals surface area contributed by atoms with Crippen LogP contribution in [0.3, 0.4) is 0 Å². The summed E-state index contributed by atoms with van der Waals surface area (Å²) in [6.07, 6.45) is 0. The molecule has 9 nitrogen and oxygen atoms in total. The molecule has 1 N–H and O–H groups in total. The van der Waals surface area contributed by atoms with Crippen LogP contribution < -0.4 is 10.1 Å². The van der Waals surface area contributed by atoms with E-state index < -0.39 is 4.92 Å². The molecule has 1 saturated heterocycles. The number of aromatic nitrogens is 1. The first-order valence-electron chi connectivity index (χ1n) is 10.8. The molecule has 174 valence electrons. The molecule has 1 fully saturated rings. The highest BCUT2D eigenvalue weighted by Crippen LogP contribution is 2.31. The molecule has 0 saturated carbocycles. The van der Waals surface area contributed by atoms with Crippen molar-refractivity contribution in [1.29, 1.82) is 0 Å². The van der Waals surface area contributed by atoms with E-state index in [1.54, 1.807) is 11.3 Å². The number of nitro groups is 1. The second kappa shape index (κ2) is 9.82. The van der Waals surface area contributed by atoms with Crippen LogP contribution >= 0.6 is 11.3 Å². The third-order valence-electron chi connectivity index (χ3n) is 6.14. The SMILES string of the molecule is COc1ccc([N+](=O)[O-])cc1NC(=O)C(C)N1CCN(C(C)c2nc3ccccc3s2)CC1. The number of nitrogens with one attached hydrogen (secondary N) is 1. The van der Waals surface area contributed by atoms with Gasteiger partial charge in [-0.15, -0.1) is 11.3 Å². The Hall–Kier alpha value is -3.08. The van der Waals surface area contributed by atoms with E-state index in [4.69, 9.17) is 9.72 Å². The van der Waals surface area contributed by atoms with E-state index in [1.165, 1.54) is 30.0 Å². The quantitative estimate of drug-likeness (QED) is 0.413. The summed E-state index contributed by atoms with van der Waals surface area (Å²) in [5.74, 6) is 0.164. The molecule has 1 aliphatic rings. The van der Waals surface area contributed by atoms with E-state index >= 15 is 0 Å². The van der Waals surface area contributed by atoms with Crippen LogP contribution in [0, 0.1) is 10.1 Å². The van der Waals surface area contributed by atoms with Crippen LogP contribution in [0.4, 0.5) is 11.4 Å². The van der Waals surface area contributed by atoms with Gasteiger partial charge >= 0.3 is 0 Å². The number of carbonyl (C=O) groups excluding carboxylic acids is 1. The van der Waals surface area contributed by atoms with Crippen molar-refractivity contribution in [3.8, 4) is 5.75 Å². The maximum atomic E-state index is 12.9. The van der Waals surface area contributed by atoms with Crippen LogP contribution in [-0.2, 0) is 4.79 Å². The summed E-state index contributed by atoms with van der Waals surface area (Å²) < 4.78 is 6.44. The second-order valence-electron chi connectivity index (χ2n) is 8.07. The Kier molecular flexibility index (Phi) is 6.87. The average molecular weight is 470 g/mol. The number of hydrogen-bond donors (Lipinski definition) is 1. The minimum absolute atomic E-state index is 0.101. The van der Waals surface area contributed by atoms with Crippen LogP contribution in [0.5, 0.6) is 5.75 Å². The van der Waals surface area contributed by atoms with E-state index in [2.05, 4.69) is 28.1 Å². The Labute approximate surface area is 196 Å². The topological polar surface area (TPSA) is 101 Å². The van der Waals surface area contributed by atoms with Gasteiger partial charge in [-0.1, -0.05) is 12.1 Å². The first kappa shape index (κ1) is 23.1. The molecule has 33 heavy (non-hydrogen) atoms. The van der Waals surface area contributed by atoms with Crippen molar-refractivity contribution in [1.82, 2.24) is 14.8 Å². The number of hydrogen-bond acceptors (Lipinski definition) is 8. The number of benzene rings is 2. The number of carbonyl (C=O) groups is 1. The Morgan fingerprint density at radius 3 is 2.52 bits per heavy atom. The maximum absolute atomic E-state index is 12.9. The normalized spacial score (nSPS) is 16.9. The summed E-state index contributed by atoms with van der Waals surface area (Å²) in [7, 11) is 1.46. The zero-order valence-corrected chi connectivity index (χ0v) is 19.7. The number of amides is 1. The molecule has 1 aromatic heterocycles. The number of anilines is 1. The van der Waals surface area contributed by atoms with Crippen molar-refractivity contribution in [2.24, 2.45) is 0 Å². The fraction of sp³-hybridized carbons (Fsp3) is 0.391. The lowest BCUT2D eigenvalue weighted by atomic mass is 10.1. The summed E-state index contributed by atoms with van der Waals surface area (Å²) in [5, 5.41) is 15.0. The highest BCUT2D eigenvalue weighted by atomic mass is 32.1. The van der Waals surface area contributed by atoms with E-state index in [-0.39, 0.29) is 23.7 Å². The molecule has 4 rings (SSSR count). The number of piperazine rings is 1. The minimum Gasteiger partial charge on any atom is -0.495 e. The average Bonchev–Trinajstić information content (AvgIpc) is 3.27. The molecular formula is C23H27N5O4S. The van der Waals surface area contributed by atoms with Gasteiger partial charge in [-0.25, -0.2) is 4.98 Å². The van der Waals surface area contributed by atoms with Gasteiger partial charge < -0.3 is 10.1 Å². The molecule has 2 atom stereocenters. The molecule has 2 heterocycles. The molecule has 10 heteroatoms. The number of rotatable bonds is 7.